The molecule has 0 atom stereocenters. The summed E-state index contributed by atoms with van der Waals surface area (Å²) in [6, 6.07) is 24.1. The number of carbonyl (C=O) groups excluding carboxylic acids is 2. The van der Waals surface area contributed by atoms with Gasteiger partial charge in [-0.05, 0) is 55.5 Å². The molecule has 158 valence electrons. The first kappa shape index (κ1) is 21.6. The van der Waals surface area contributed by atoms with E-state index in [9.17, 15) is 9.59 Å². The molecule has 0 radical (unpaired) electrons. The van der Waals surface area contributed by atoms with E-state index in [1.807, 2.05) is 54.6 Å². The number of nitrogens with one attached hydrogen (secondary N) is 3. The Morgan fingerprint density at radius 1 is 0.839 bits per heavy atom. The first-order valence-electron chi connectivity index (χ1n) is 9.73. The van der Waals surface area contributed by atoms with Crippen molar-refractivity contribution in [2.75, 3.05) is 17.7 Å². The number of methoxy groups -OCH3 is 1. The van der Waals surface area contributed by atoms with E-state index < -0.39 is 5.91 Å². The molecule has 0 saturated heterocycles. The third-order valence-corrected chi connectivity index (χ3v) is 4.35. The number of anilines is 3. The zero-order valence-electron chi connectivity index (χ0n) is 17.4. The van der Waals surface area contributed by atoms with Gasteiger partial charge in [0.25, 0.3) is 5.91 Å². The molecule has 0 unspecified atom stereocenters. The van der Waals surface area contributed by atoms with Crippen LogP contribution in [0.25, 0.3) is 0 Å². The topological polar surface area (TPSA) is 91.8 Å². The zero-order valence-corrected chi connectivity index (χ0v) is 17.4. The van der Waals surface area contributed by atoms with Gasteiger partial charge in [0.1, 0.15) is 5.75 Å². The molecule has 7 nitrogen and oxygen atoms in total. The van der Waals surface area contributed by atoms with Crippen molar-refractivity contribution in [1.29, 1.82) is 0 Å². The molecular weight excluding hydrogens is 392 g/mol. The SMILES string of the molecule is COc1ccccc1C(=O)N/N=C(/C)CC(=O)Nc1ccc(Nc2ccccc2)cc1. The normalized spacial score (nSPS) is 10.8. The van der Waals surface area contributed by atoms with Crippen molar-refractivity contribution >= 4 is 34.6 Å². The number of para-hydroxylation sites is 2. The maximum absolute atomic E-state index is 12.3. The Labute approximate surface area is 181 Å². The second kappa shape index (κ2) is 10.6. The first-order chi connectivity index (χ1) is 15.0. The van der Waals surface area contributed by atoms with Crippen molar-refractivity contribution < 1.29 is 14.3 Å². The number of hydrazone groups is 1. The molecule has 2 amide bonds. The molecule has 0 spiro atoms. The predicted octanol–water partition coefficient (Wildman–Crippen LogP) is 4.57. The van der Waals surface area contributed by atoms with Gasteiger partial charge in [0.15, 0.2) is 0 Å². The third kappa shape index (κ3) is 6.43. The van der Waals surface area contributed by atoms with Crippen LogP contribution in [0.2, 0.25) is 0 Å². The number of hydrogen-bond donors (Lipinski definition) is 3. The summed E-state index contributed by atoms with van der Waals surface area (Å²) in [6.45, 7) is 1.68. The van der Waals surface area contributed by atoms with E-state index in [1.165, 1.54) is 7.11 Å². The molecule has 31 heavy (non-hydrogen) atoms. The fraction of sp³-hybridized carbons (Fsp3) is 0.125. The van der Waals surface area contributed by atoms with Crippen molar-refractivity contribution in [3.05, 3.63) is 84.4 Å². The monoisotopic (exact) mass is 416 g/mol. The number of rotatable bonds is 8. The summed E-state index contributed by atoms with van der Waals surface area (Å²) in [5.41, 5.74) is 5.88. The van der Waals surface area contributed by atoms with Gasteiger partial charge < -0.3 is 15.4 Å². The number of nitrogens with zero attached hydrogens (tertiary/aromatic N) is 1. The lowest BCUT2D eigenvalue weighted by Crippen LogP contribution is -2.22. The van der Waals surface area contributed by atoms with Crippen LogP contribution in [0.3, 0.4) is 0 Å². The first-order valence-corrected chi connectivity index (χ1v) is 9.73. The molecule has 3 rings (SSSR count). The summed E-state index contributed by atoms with van der Waals surface area (Å²) in [5, 5.41) is 10.1. The van der Waals surface area contributed by atoms with Crippen LogP contribution >= 0.6 is 0 Å². The summed E-state index contributed by atoms with van der Waals surface area (Å²) in [4.78, 5) is 24.5. The molecule has 3 N–H and O–H groups in total. The Morgan fingerprint density at radius 2 is 1.45 bits per heavy atom. The van der Waals surface area contributed by atoms with E-state index >= 15 is 0 Å². The summed E-state index contributed by atoms with van der Waals surface area (Å²) in [7, 11) is 1.50. The minimum Gasteiger partial charge on any atom is -0.496 e. The smallest absolute Gasteiger partial charge is 0.275 e. The van der Waals surface area contributed by atoms with E-state index in [0.29, 0.717) is 22.7 Å². The van der Waals surface area contributed by atoms with E-state index in [4.69, 9.17) is 4.74 Å². The number of amides is 2. The van der Waals surface area contributed by atoms with Crippen LogP contribution in [0.4, 0.5) is 17.1 Å². The van der Waals surface area contributed by atoms with Crippen molar-refractivity contribution in [3.63, 3.8) is 0 Å². The summed E-state index contributed by atoms with van der Waals surface area (Å²) in [5.74, 6) is -0.175. The van der Waals surface area contributed by atoms with Gasteiger partial charge >= 0.3 is 0 Å². The largest absolute Gasteiger partial charge is 0.496 e. The summed E-state index contributed by atoms with van der Waals surface area (Å²) < 4.78 is 5.17. The molecule has 0 saturated carbocycles. The van der Waals surface area contributed by atoms with E-state index in [1.54, 1.807) is 31.2 Å². The van der Waals surface area contributed by atoms with Crippen LogP contribution < -0.4 is 20.8 Å². The fourth-order valence-corrected chi connectivity index (χ4v) is 2.84. The van der Waals surface area contributed by atoms with Gasteiger partial charge in [-0.1, -0.05) is 30.3 Å². The molecule has 0 aliphatic heterocycles. The van der Waals surface area contributed by atoms with Crippen LogP contribution in [-0.2, 0) is 4.79 Å². The molecule has 0 aliphatic carbocycles. The Kier molecular flexibility index (Phi) is 7.37. The fourth-order valence-electron chi connectivity index (χ4n) is 2.84. The van der Waals surface area contributed by atoms with Crippen molar-refractivity contribution in [2.24, 2.45) is 5.10 Å². The van der Waals surface area contributed by atoms with Gasteiger partial charge in [-0.15, -0.1) is 0 Å². The molecule has 0 bridgehead atoms. The maximum Gasteiger partial charge on any atom is 0.275 e. The minimum absolute atomic E-state index is 0.0518. The van der Waals surface area contributed by atoms with Gasteiger partial charge in [0.05, 0.1) is 19.1 Å². The highest BCUT2D eigenvalue weighted by molar-refractivity contribution is 6.06. The second-order valence-electron chi connectivity index (χ2n) is 6.78. The highest BCUT2D eigenvalue weighted by atomic mass is 16.5. The quantitative estimate of drug-likeness (QED) is 0.370. The average Bonchev–Trinajstić information content (AvgIpc) is 2.79. The third-order valence-electron chi connectivity index (χ3n) is 4.35. The van der Waals surface area contributed by atoms with E-state index in [2.05, 4.69) is 21.2 Å². The van der Waals surface area contributed by atoms with E-state index in [0.717, 1.165) is 11.4 Å². The molecule has 0 aromatic heterocycles. The van der Waals surface area contributed by atoms with Crippen molar-refractivity contribution in [3.8, 4) is 5.75 Å². The van der Waals surface area contributed by atoms with Crippen LogP contribution in [0.5, 0.6) is 5.75 Å². The number of carbonyl (C=O) groups is 2. The summed E-state index contributed by atoms with van der Waals surface area (Å²) >= 11 is 0. The molecule has 0 fully saturated rings. The Hall–Kier alpha value is -4.13. The highest BCUT2D eigenvalue weighted by Gasteiger charge is 2.11. The summed E-state index contributed by atoms with van der Waals surface area (Å²) in [6.07, 6.45) is 0.0518. The van der Waals surface area contributed by atoms with Crippen LogP contribution in [0.1, 0.15) is 23.7 Å². The predicted molar refractivity (Wildman–Crippen MR) is 123 cm³/mol. The van der Waals surface area contributed by atoms with Gasteiger partial charge in [-0.3, -0.25) is 9.59 Å². The van der Waals surface area contributed by atoms with Crippen LogP contribution in [0, 0.1) is 0 Å². The highest BCUT2D eigenvalue weighted by Crippen LogP contribution is 2.19. The molecule has 7 heteroatoms. The van der Waals surface area contributed by atoms with Gasteiger partial charge in [-0.2, -0.15) is 5.10 Å². The molecule has 3 aromatic rings. The maximum atomic E-state index is 12.3. The lowest BCUT2D eigenvalue weighted by Gasteiger charge is -2.09. The number of ether oxygens (including phenoxy) is 1. The van der Waals surface area contributed by atoms with Crippen LogP contribution in [-0.4, -0.2) is 24.6 Å². The standard InChI is InChI=1S/C24H24N4O3/c1-17(27-28-24(30)21-10-6-7-11-22(21)31-2)16-23(29)26-20-14-12-19(13-15-20)25-18-8-4-3-5-9-18/h3-15,25H,16H2,1-2H3,(H,26,29)(H,28,30)/b27-17-. The molecule has 3 aromatic carbocycles. The van der Waals surface area contributed by atoms with Gasteiger partial charge in [0.2, 0.25) is 5.91 Å². The Morgan fingerprint density at radius 3 is 2.16 bits per heavy atom. The molecular formula is C24H24N4O3. The van der Waals surface area contributed by atoms with Gasteiger partial charge in [-0.25, -0.2) is 5.43 Å². The van der Waals surface area contributed by atoms with Crippen molar-refractivity contribution in [1.82, 2.24) is 5.43 Å². The van der Waals surface area contributed by atoms with E-state index in [-0.39, 0.29) is 12.3 Å². The van der Waals surface area contributed by atoms with Crippen molar-refractivity contribution in [2.45, 2.75) is 13.3 Å². The lowest BCUT2D eigenvalue weighted by atomic mass is 10.2. The second-order valence-corrected chi connectivity index (χ2v) is 6.78. The Balaban J connectivity index is 1.51. The molecule has 0 heterocycles. The average molecular weight is 416 g/mol. The Bertz CT molecular complexity index is 1060. The number of hydrogen-bond acceptors (Lipinski definition) is 5. The number of benzene rings is 3. The minimum atomic E-state index is -0.404. The lowest BCUT2D eigenvalue weighted by molar-refractivity contribution is -0.115. The van der Waals surface area contributed by atoms with Gasteiger partial charge in [0, 0.05) is 22.8 Å². The zero-order chi connectivity index (χ0) is 22.1. The molecule has 0 aliphatic rings. The van der Waals surface area contributed by atoms with Crippen LogP contribution in [0.15, 0.2) is 84.0 Å².